The molecular formula is C34H24BNO2. The summed E-state index contributed by atoms with van der Waals surface area (Å²) in [5.74, 6) is 0. The summed E-state index contributed by atoms with van der Waals surface area (Å²) in [7, 11) is -1.54. The number of nitrogens with zero attached hydrogens (tertiary/aromatic N) is 1. The van der Waals surface area contributed by atoms with Gasteiger partial charge in [0.2, 0.25) is 0 Å². The molecule has 7 rings (SSSR count). The lowest BCUT2D eigenvalue weighted by atomic mass is 9.80. The maximum atomic E-state index is 10.0. The monoisotopic (exact) mass is 489 g/mol. The molecular weight excluding hydrogens is 465 g/mol. The Morgan fingerprint density at radius 3 is 1.79 bits per heavy atom. The van der Waals surface area contributed by atoms with Gasteiger partial charge < -0.3 is 14.6 Å². The Morgan fingerprint density at radius 1 is 0.474 bits per heavy atom. The summed E-state index contributed by atoms with van der Waals surface area (Å²) in [6, 6.07) is 46.0. The normalized spacial score (nSPS) is 11.4. The van der Waals surface area contributed by atoms with Gasteiger partial charge in [-0.1, -0.05) is 109 Å². The average molecular weight is 489 g/mol. The van der Waals surface area contributed by atoms with E-state index in [1.165, 1.54) is 0 Å². The number of hydrogen-bond acceptors (Lipinski definition) is 2. The van der Waals surface area contributed by atoms with Gasteiger partial charge in [-0.15, -0.1) is 0 Å². The highest BCUT2D eigenvalue weighted by Gasteiger charge is 2.20. The standard InChI is InChI=1S/C34H24BNO2/c37-35(38)26-18-19-28-31-21-29(24-10-3-1-4-11-24)30(25-12-5-2-6-13-25)22-34(31)36(33(28)20-26)32-17-9-15-23-14-7-8-16-27(23)32/h1-22,37-38H. The first-order chi connectivity index (χ1) is 18.7. The first kappa shape index (κ1) is 22.6. The van der Waals surface area contributed by atoms with Crippen LogP contribution in [0.5, 0.6) is 0 Å². The number of fused-ring (bicyclic) bond motifs is 4. The Kier molecular flexibility index (Phi) is 5.36. The highest BCUT2D eigenvalue weighted by molar-refractivity contribution is 6.59. The van der Waals surface area contributed by atoms with Gasteiger partial charge in [-0.25, -0.2) is 0 Å². The Bertz CT molecular complexity index is 1940. The predicted octanol–water partition coefficient (Wildman–Crippen LogP) is 6.95. The van der Waals surface area contributed by atoms with Crippen LogP contribution in [0.1, 0.15) is 0 Å². The molecule has 0 aliphatic carbocycles. The lowest BCUT2D eigenvalue weighted by Crippen LogP contribution is -2.29. The average Bonchev–Trinajstić information content (AvgIpc) is 3.29. The molecule has 7 aromatic rings. The van der Waals surface area contributed by atoms with E-state index in [-0.39, 0.29) is 0 Å². The Hall–Kier alpha value is -4.64. The molecule has 0 atom stereocenters. The van der Waals surface area contributed by atoms with E-state index in [1.807, 2.05) is 24.3 Å². The molecule has 0 unspecified atom stereocenters. The van der Waals surface area contributed by atoms with Gasteiger partial charge in [-0.3, -0.25) is 0 Å². The largest absolute Gasteiger partial charge is 0.488 e. The molecule has 1 heterocycles. The van der Waals surface area contributed by atoms with Crippen LogP contribution in [0.2, 0.25) is 0 Å². The number of aromatic nitrogens is 1. The molecule has 0 aliphatic heterocycles. The highest BCUT2D eigenvalue weighted by atomic mass is 16.4. The van der Waals surface area contributed by atoms with Gasteiger partial charge in [-0.2, -0.15) is 0 Å². The summed E-state index contributed by atoms with van der Waals surface area (Å²) in [5, 5.41) is 24.5. The van der Waals surface area contributed by atoms with E-state index in [4.69, 9.17) is 0 Å². The van der Waals surface area contributed by atoms with Crippen LogP contribution in [-0.2, 0) is 0 Å². The second kappa shape index (κ2) is 9.03. The number of rotatable bonds is 4. The van der Waals surface area contributed by atoms with Crippen LogP contribution in [-0.4, -0.2) is 21.7 Å². The molecule has 0 fully saturated rings. The van der Waals surface area contributed by atoms with Crippen LogP contribution in [0.15, 0.2) is 133 Å². The fraction of sp³-hybridized carbons (Fsp3) is 0. The van der Waals surface area contributed by atoms with Crippen molar-refractivity contribution in [2.24, 2.45) is 0 Å². The number of benzene rings is 6. The van der Waals surface area contributed by atoms with Crippen LogP contribution < -0.4 is 5.46 Å². The van der Waals surface area contributed by atoms with Crippen molar-refractivity contribution in [3.63, 3.8) is 0 Å². The van der Waals surface area contributed by atoms with Crippen LogP contribution in [0.25, 0.3) is 60.5 Å². The van der Waals surface area contributed by atoms with Gasteiger partial charge in [0.05, 0.1) is 16.7 Å². The third-order valence-corrected chi connectivity index (χ3v) is 7.40. The van der Waals surface area contributed by atoms with Crippen molar-refractivity contribution < 1.29 is 10.0 Å². The summed E-state index contributed by atoms with van der Waals surface area (Å²) in [6.07, 6.45) is 0. The van der Waals surface area contributed by atoms with E-state index in [9.17, 15) is 10.0 Å². The summed E-state index contributed by atoms with van der Waals surface area (Å²) >= 11 is 0. The first-order valence-corrected chi connectivity index (χ1v) is 12.8. The van der Waals surface area contributed by atoms with Gasteiger partial charge in [0.25, 0.3) is 0 Å². The zero-order valence-corrected chi connectivity index (χ0v) is 20.6. The summed E-state index contributed by atoms with van der Waals surface area (Å²) < 4.78 is 2.26. The highest BCUT2D eigenvalue weighted by Crippen LogP contribution is 2.41. The fourth-order valence-electron chi connectivity index (χ4n) is 5.62. The number of hydrogen-bond donors (Lipinski definition) is 2. The maximum absolute atomic E-state index is 10.0. The predicted molar refractivity (Wildman–Crippen MR) is 159 cm³/mol. The van der Waals surface area contributed by atoms with Crippen molar-refractivity contribution in [3.05, 3.63) is 133 Å². The Labute approximate surface area is 221 Å². The summed E-state index contributed by atoms with van der Waals surface area (Å²) in [6.45, 7) is 0. The molecule has 0 amide bonds. The van der Waals surface area contributed by atoms with Gasteiger partial charge in [0.15, 0.2) is 0 Å². The molecule has 1 aromatic heterocycles. The van der Waals surface area contributed by atoms with Crippen molar-refractivity contribution in [3.8, 4) is 27.9 Å². The maximum Gasteiger partial charge on any atom is 0.488 e. The molecule has 0 bridgehead atoms. The third kappa shape index (κ3) is 3.62. The van der Waals surface area contributed by atoms with Crippen molar-refractivity contribution in [1.82, 2.24) is 4.57 Å². The Balaban J connectivity index is 1.66. The topological polar surface area (TPSA) is 45.4 Å². The van der Waals surface area contributed by atoms with E-state index in [2.05, 4.69) is 108 Å². The molecule has 2 N–H and O–H groups in total. The second-order valence-electron chi connectivity index (χ2n) is 9.63. The van der Waals surface area contributed by atoms with E-state index >= 15 is 0 Å². The molecule has 3 nitrogen and oxygen atoms in total. The van der Waals surface area contributed by atoms with E-state index < -0.39 is 7.12 Å². The summed E-state index contributed by atoms with van der Waals surface area (Å²) in [4.78, 5) is 0. The van der Waals surface area contributed by atoms with E-state index in [1.54, 1.807) is 6.07 Å². The minimum Gasteiger partial charge on any atom is -0.423 e. The van der Waals surface area contributed by atoms with Crippen LogP contribution in [0.4, 0.5) is 0 Å². The molecule has 38 heavy (non-hydrogen) atoms. The van der Waals surface area contributed by atoms with Gasteiger partial charge in [-0.05, 0) is 57.4 Å². The van der Waals surface area contributed by atoms with Crippen LogP contribution in [0, 0.1) is 0 Å². The molecule has 180 valence electrons. The zero-order valence-electron chi connectivity index (χ0n) is 20.6. The fourth-order valence-corrected chi connectivity index (χ4v) is 5.62. The van der Waals surface area contributed by atoms with Gasteiger partial charge >= 0.3 is 7.12 Å². The lowest BCUT2D eigenvalue weighted by Gasteiger charge is -2.15. The SMILES string of the molecule is OB(O)c1ccc2c3cc(-c4ccccc4)c(-c4ccccc4)cc3n(-c3cccc4ccccc34)c2c1. The third-order valence-electron chi connectivity index (χ3n) is 7.40. The van der Waals surface area contributed by atoms with E-state index in [0.29, 0.717) is 5.46 Å². The molecule has 0 saturated heterocycles. The molecule has 0 spiro atoms. The van der Waals surface area contributed by atoms with Crippen molar-refractivity contribution >= 4 is 45.2 Å². The zero-order chi connectivity index (χ0) is 25.6. The van der Waals surface area contributed by atoms with Crippen molar-refractivity contribution in [1.29, 1.82) is 0 Å². The lowest BCUT2D eigenvalue weighted by molar-refractivity contribution is 0.426. The first-order valence-electron chi connectivity index (χ1n) is 12.8. The molecule has 0 saturated carbocycles. The van der Waals surface area contributed by atoms with Gasteiger partial charge in [0.1, 0.15) is 0 Å². The minimum atomic E-state index is -1.54. The minimum absolute atomic E-state index is 0.466. The molecule has 0 aliphatic rings. The van der Waals surface area contributed by atoms with Gasteiger partial charge in [0, 0.05) is 16.2 Å². The quantitative estimate of drug-likeness (QED) is 0.263. The second-order valence-corrected chi connectivity index (χ2v) is 9.63. The molecule has 4 heteroatoms. The van der Waals surface area contributed by atoms with Crippen molar-refractivity contribution in [2.75, 3.05) is 0 Å². The van der Waals surface area contributed by atoms with Crippen LogP contribution >= 0.6 is 0 Å². The Morgan fingerprint density at radius 2 is 1.08 bits per heavy atom. The van der Waals surface area contributed by atoms with Crippen molar-refractivity contribution in [2.45, 2.75) is 0 Å². The van der Waals surface area contributed by atoms with E-state index in [0.717, 1.165) is 60.5 Å². The summed E-state index contributed by atoms with van der Waals surface area (Å²) in [5.41, 5.74) is 8.14. The molecule has 0 radical (unpaired) electrons. The molecule has 6 aromatic carbocycles. The van der Waals surface area contributed by atoms with Crippen LogP contribution in [0.3, 0.4) is 0 Å². The smallest absolute Gasteiger partial charge is 0.423 e.